The molecule has 1 N–H and O–H groups in total. The van der Waals surface area contributed by atoms with Crippen LogP contribution < -0.4 is 10.2 Å². The van der Waals surface area contributed by atoms with Crippen LogP contribution in [0.5, 0.6) is 0 Å². The van der Waals surface area contributed by atoms with Gasteiger partial charge in [-0.3, -0.25) is 0 Å². The summed E-state index contributed by atoms with van der Waals surface area (Å²) in [4.78, 5) is 2.07. The zero-order chi connectivity index (χ0) is 12.4. The molecule has 2 fully saturated rings. The highest BCUT2D eigenvalue weighted by Crippen LogP contribution is 2.23. The van der Waals surface area contributed by atoms with E-state index in [2.05, 4.69) is 10.2 Å². The molecule has 0 amide bonds. The molecule has 0 unspecified atom stereocenters. The topological polar surface area (TPSA) is 24.5 Å². The Morgan fingerprint density at radius 2 is 2.06 bits per heavy atom. The van der Waals surface area contributed by atoms with Gasteiger partial charge in [0.1, 0.15) is 5.82 Å². The summed E-state index contributed by atoms with van der Waals surface area (Å²) in [6, 6.07) is 6.10. The maximum atomic E-state index is 13.9. The fourth-order valence-corrected chi connectivity index (χ4v) is 2.26. The quantitative estimate of drug-likeness (QED) is 0.883. The molecule has 0 atom stereocenters. The van der Waals surface area contributed by atoms with Gasteiger partial charge in [-0.2, -0.15) is 0 Å². The molecule has 1 saturated heterocycles. The van der Waals surface area contributed by atoms with Crippen LogP contribution >= 0.6 is 0 Å². The normalized spacial score (nSPS) is 20.2. The molecule has 1 aliphatic heterocycles. The maximum absolute atomic E-state index is 13.9. The van der Waals surface area contributed by atoms with Crippen LogP contribution in [-0.4, -0.2) is 32.3 Å². The van der Waals surface area contributed by atoms with E-state index in [0.29, 0.717) is 24.9 Å². The van der Waals surface area contributed by atoms with E-state index in [1.807, 2.05) is 12.1 Å². The third kappa shape index (κ3) is 2.82. The highest BCUT2D eigenvalue weighted by Gasteiger charge is 2.20. The fraction of sp³-hybridized carbons (Fsp3) is 0.571. The van der Waals surface area contributed by atoms with E-state index >= 15 is 0 Å². The lowest BCUT2D eigenvalue weighted by molar-refractivity contribution is 0.122. The molecule has 1 aromatic rings. The standard InChI is InChI=1S/C14H19FN2O/c15-13-4-1-11(10-16-12-2-3-12)9-14(13)17-5-7-18-8-6-17/h1,4,9,12,16H,2-3,5-8,10H2. The molecule has 1 aliphatic carbocycles. The summed E-state index contributed by atoms with van der Waals surface area (Å²) >= 11 is 0. The molecule has 0 bridgehead atoms. The zero-order valence-electron chi connectivity index (χ0n) is 10.5. The van der Waals surface area contributed by atoms with Crippen molar-refractivity contribution in [2.24, 2.45) is 0 Å². The monoisotopic (exact) mass is 250 g/mol. The van der Waals surface area contributed by atoms with Crippen LogP contribution in [0.2, 0.25) is 0 Å². The second kappa shape index (κ2) is 5.24. The van der Waals surface area contributed by atoms with Gasteiger partial charge < -0.3 is 15.0 Å². The lowest BCUT2D eigenvalue weighted by Gasteiger charge is -2.29. The van der Waals surface area contributed by atoms with Crippen molar-refractivity contribution >= 4 is 5.69 Å². The molecule has 1 aromatic carbocycles. The lowest BCUT2D eigenvalue weighted by atomic mass is 10.1. The second-order valence-corrected chi connectivity index (χ2v) is 5.04. The molecule has 0 spiro atoms. The molecule has 1 saturated carbocycles. The molecule has 4 heteroatoms. The van der Waals surface area contributed by atoms with Gasteiger partial charge in [-0.05, 0) is 30.5 Å². The SMILES string of the molecule is Fc1ccc(CNC2CC2)cc1N1CCOCC1. The van der Waals surface area contributed by atoms with Gasteiger partial charge in [-0.1, -0.05) is 6.07 Å². The van der Waals surface area contributed by atoms with Crippen LogP contribution in [-0.2, 0) is 11.3 Å². The van der Waals surface area contributed by atoms with Gasteiger partial charge in [-0.15, -0.1) is 0 Å². The van der Waals surface area contributed by atoms with Gasteiger partial charge in [-0.25, -0.2) is 4.39 Å². The molecule has 0 radical (unpaired) electrons. The zero-order valence-corrected chi connectivity index (χ0v) is 10.5. The Labute approximate surface area is 107 Å². The van der Waals surface area contributed by atoms with Crippen molar-refractivity contribution in [2.45, 2.75) is 25.4 Å². The molecule has 1 heterocycles. The average molecular weight is 250 g/mol. The Kier molecular flexibility index (Phi) is 3.48. The number of rotatable bonds is 4. The smallest absolute Gasteiger partial charge is 0.146 e. The van der Waals surface area contributed by atoms with Crippen LogP contribution in [0.1, 0.15) is 18.4 Å². The van der Waals surface area contributed by atoms with Crippen LogP contribution in [0, 0.1) is 5.82 Å². The van der Waals surface area contributed by atoms with E-state index < -0.39 is 0 Å². The van der Waals surface area contributed by atoms with Gasteiger partial charge >= 0.3 is 0 Å². The molecule has 2 aliphatic rings. The summed E-state index contributed by atoms with van der Waals surface area (Å²) in [7, 11) is 0. The number of anilines is 1. The van der Waals surface area contributed by atoms with Crippen LogP contribution in [0.3, 0.4) is 0 Å². The van der Waals surface area contributed by atoms with E-state index in [1.54, 1.807) is 6.07 Å². The first-order valence-electron chi connectivity index (χ1n) is 6.67. The Morgan fingerprint density at radius 3 is 2.78 bits per heavy atom. The number of nitrogens with zero attached hydrogens (tertiary/aromatic N) is 1. The van der Waals surface area contributed by atoms with E-state index in [0.717, 1.165) is 25.2 Å². The van der Waals surface area contributed by atoms with Crippen molar-refractivity contribution in [3.63, 3.8) is 0 Å². The van der Waals surface area contributed by atoms with Gasteiger partial charge in [0.05, 0.1) is 18.9 Å². The minimum Gasteiger partial charge on any atom is -0.378 e. The minimum absolute atomic E-state index is 0.132. The highest BCUT2D eigenvalue weighted by molar-refractivity contribution is 5.50. The molecule has 0 aromatic heterocycles. The average Bonchev–Trinajstić information content (AvgIpc) is 3.23. The molecular weight excluding hydrogens is 231 g/mol. The van der Waals surface area contributed by atoms with Crippen LogP contribution in [0.15, 0.2) is 18.2 Å². The number of morpholine rings is 1. The lowest BCUT2D eigenvalue weighted by Crippen LogP contribution is -2.36. The second-order valence-electron chi connectivity index (χ2n) is 5.04. The van der Waals surface area contributed by atoms with Crippen LogP contribution in [0.4, 0.5) is 10.1 Å². The number of nitrogens with one attached hydrogen (secondary N) is 1. The Bertz CT molecular complexity index is 414. The summed E-state index contributed by atoms with van der Waals surface area (Å²) < 4.78 is 19.2. The first-order valence-corrected chi connectivity index (χ1v) is 6.67. The van der Waals surface area contributed by atoms with E-state index in [-0.39, 0.29) is 5.82 Å². The summed E-state index contributed by atoms with van der Waals surface area (Å²) in [6.45, 7) is 3.75. The van der Waals surface area contributed by atoms with Gasteiger partial charge in [0.2, 0.25) is 0 Å². The van der Waals surface area contributed by atoms with Crippen molar-refractivity contribution in [2.75, 3.05) is 31.2 Å². The summed E-state index contributed by atoms with van der Waals surface area (Å²) in [5.41, 5.74) is 1.87. The maximum Gasteiger partial charge on any atom is 0.146 e. The molecule has 18 heavy (non-hydrogen) atoms. The molecule has 3 nitrogen and oxygen atoms in total. The number of ether oxygens (including phenoxy) is 1. The Morgan fingerprint density at radius 1 is 1.28 bits per heavy atom. The third-order valence-corrected chi connectivity index (χ3v) is 3.53. The number of hydrogen-bond donors (Lipinski definition) is 1. The molecular formula is C14H19FN2O. The minimum atomic E-state index is -0.132. The first kappa shape index (κ1) is 11.9. The first-order chi connectivity index (χ1) is 8.83. The number of benzene rings is 1. The highest BCUT2D eigenvalue weighted by atomic mass is 19.1. The van der Waals surface area contributed by atoms with Gasteiger partial charge in [0, 0.05) is 25.7 Å². The Hall–Kier alpha value is -1.13. The van der Waals surface area contributed by atoms with Crippen molar-refractivity contribution < 1.29 is 9.13 Å². The van der Waals surface area contributed by atoms with Gasteiger partial charge in [0.25, 0.3) is 0 Å². The third-order valence-electron chi connectivity index (χ3n) is 3.53. The summed E-state index contributed by atoms with van der Waals surface area (Å²) in [6.07, 6.45) is 2.55. The summed E-state index contributed by atoms with van der Waals surface area (Å²) in [5, 5.41) is 3.46. The van der Waals surface area contributed by atoms with Crippen molar-refractivity contribution in [1.29, 1.82) is 0 Å². The predicted octanol–water partition coefficient (Wildman–Crippen LogP) is 1.91. The largest absolute Gasteiger partial charge is 0.378 e. The van der Waals surface area contributed by atoms with Crippen molar-refractivity contribution in [1.82, 2.24) is 5.32 Å². The number of halogens is 1. The van der Waals surface area contributed by atoms with E-state index in [9.17, 15) is 4.39 Å². The predicted molar refractivity (Wildman–Crippen MR) is 69.3 cm³/mol. The van der Waals surface area contributed by atoms with E-state index in [1.165, 1.54) is 12.8 Å². The van der Waals surface area contributed by atoms with Crippen molar-refractivity contribution in [3.05, 3.63) is 29.6 Å². The van der Waals surface area contributed by atoms with Crippen molar-refractivity contribution in [3.8, 4) is 0 Å². The number of hydrogen-bond acceptors (Lipinski definition) is 3. The Balaban J connectivity index is 1.71. The van der Waals surface area contributed by atoms with Gasteiger partial charge in [0.15, 0.2) is 0 Å². The molecule has 3 rings (SSSR count). The summed E-state index contributed by atoms with van der Waals surface area (Å²) in [5.74, 6) is -0.132. The van der Waals surface area contributed by atoms with Crippen LogP contribution in [0.25, 0.3) is 0 Å². The van der Waals surface area contributed by atoms with E-state index in [4.69, 9.17) is 4.74 Å². The molecule has 98 valence electrons. The fourth-order valence-electron chi connectivity index (χ4n) is 2.26.